The third-order valence-corrected chi connectivity index (χ3v) is 7.73. The molecule has 1 saturated heterocycles. The maximum Gasteiger partial charge on any atom is 0.325 e. The zero-order valence-electron chi connectivity index (χ0n) is 18.7. The highest BCUT2D eigenvalue weighted by molar-refractivity contribution is 7.89. The monoisotopic (exact) mass is 503 g/mol. The number of hydrogen-bond donors (Lipinski definition) is 0. The van der Waals surface area contributed by atoms with Crippen LogP contribution in [0.4, 0.5) is 0 Å². The first-order valence-corrected chi connectivity index (χ1v) is 12.8. The van der Waals surface area contributed by atoms with E-state index in [2.05, 4.69) is 10.3 Å². The van der Waals surface area contributed by atoms with Crippen molar-refractivity contribution in [1.29, 1.82) is 0 Å². The summed E-state index contributed by atoms with van der Waals surface area (Å²) in [6, 6.07) is 15.8. The van der Waals surface area contributed by atoms with E-state index in [1.54, 1.807) is 28.9 Å². The number of esters is 1. The van der Waals surface area contributed by atoms with Crippen molar-refractivity contribution in [2.45, 2.75) is 25.7 Å². The lowest BCUT2D eigenvalue weighted by atomic mass is 10.2. The zero-order chi connectivity index (χ0) is 24.1. The standard InChI is InChI=1S/C23H26ClN5O4S/c1-33-23(30)22-17-27(15-21-16-28(26-25-21)13-18-5-3-2-4-6-18)11-12-34(31,32)29(22)14-19-7-9-20(24)10-8-19/h2-10,16,22H,11-15,17H2,1H3. The van der Waals surface area contributed by atoms with Crippen LogP contribution in [0.15, 0.2) is 60.8 Å². The summed E-state index contributed by atoms with van der Waals surface area (Å²) in [6.07, 6.45) is 1.84. The molecule has 1 fully saturated rings. The Labute approximate surface area is 203 Å². The van der Waals surface area contributed by atoms with Gasteiger partial charge in [0.05, 0.1) is 31.3 Å². The molecule has 34 heavy (non-hydrogen) atoms. The van der Waals surface area contributed by atoms with Crippen LogP contribution >= 0.6 is 11.6 Å². The fraction of sp³-hybridized carbons (Fsp3) is 0.348. The van der Waals surface area contributed by atoms with Crippen LogP contribution in [-0.2, 0) is 39.2 Å². The Morgan fingerprint density at radius 1 is 1.06 bits per heavy atom. The van der Waals surface area contributed by atoms with E-state index >= 15 is 0 Å². The molecular formula is C23H26ClN5O4S. The smallest absolute Gasteiger partial charge is 0.325 e. The van der Waals surface area contributed by atoms with Gasteiger partial charge in [0.25, 0.3) is 0 Å². The lowest BCUT2D eigenvalue weighted by Crippen LogP contribution is -2.48. The zero-order valence-corrected chi connectivity index (χ0v) is 20.3. The molecule has 2 heterocycles. The van der Waals surface area contributed by atoms with E-state index in [4.69, 9.17) is 16.3 Å². The molecular weight excluding hydrogens is 478 g/mol. The van der Waals surface area contributed by atoms with Crippen LogP contribution < -0.4 is 0 Å². The highest BCUT2D eigenvalue weighted by atomic mass is 35.5. The van der Waals surface area contributed by atoms with Crippen molar-refractivity contribution >= 4 is 27.6 Å². The minimum Gasteiger partial charge on any atom is -0.468 e. The molecule has 0 N–H and O–H groups in total. The van der Waals surface area contributed by atoms with E-state index < -0.39 is 22.0 Å². The Bertz CT molecular complexity index is 1220. The summed E-state index contributed by atoms with van der Waals surface area (Å²) >= 11 is 5.96. The fourth-order valence-electron chi connectivity index (χ4n) is 3.92. The van der Waals surface area contributed by atoms with Crippen molar-refractivity contribution in [2.75, 3.05) is 26.0 Å². The van der Waals surface area contributed by atoms with Gasteiger partial charge in [0.2, 0.25) is 10.0 Å². The Hall–Kier alpha value is -2.79. The predicted molar refractivity (Wildman–Crippen MR) is 127 cm³/mol. The van der Waals surface area contributed by atoms with Gasteiger partial charge in [-0.3, -0.25) is 9.69 Å². The van der Waals surface area contributed by atoms with Crippen LogP contribution in [0.2, 0.25) is 5.02 Å². The summed E-state index contributed by atoms with van der Waals surface area (Å²) in [5, 5.41) is 8.98. The van der Waals surface area contributed by atoms with Gasteiger partial charge in [0.15, 0.2) is 0 Å². The van der Waals surface area contributed by atoms with Gasteiger partial charge < -0.3 is 4.74 Å². The van der Waals surface area contributed by atoms with Crippen molar-refractivity contribution in [3.63, 3.8) is 0 Å². The molecule has 1 aromatic heterocycles. The van der Waals surface area contributed by atoms with Crippen molar-refractivity contribution in [2.24, 2.45) is 0 Å². The van der Waals surface area contributed by atoms with Gasteiger partial charge in [-0.2, -0.15) is 4.31 Å². The van der Waals surface area contributed by atoms with E-state index in [0.717, 1.165) is 11.1 Å². The molecule has 0 aliphatic carbocycles. The number of hydrogen-bond acceptors (Lipinski definition) is 7. The molecule has 1 atom stereocenters. The molecule has 4 rings (SSSR count). The lowest BCUT2D eigenvalue weighted by Gasteiger charge is -2.28. The number of benzene rings is 2. The van der Waals surface area contributed by atoms with Crippen LogP contribution in [-0.4, -0.2) is 70.6 Å². The average Bonchev–Trinajstić information content (AvgIpc) is 3.22. The Morgan fingerprint density at radius 2 is 1.76 bits per heavy atom. The van der Waals surface area contributed by atoms with Gasteiger partial charge in [-0.15, -0.1) is 5.10 Å². The minimum absolute atomic E-state index is 0.0559. The molecule has 3 aromatic rings. The lowest BCUT2D eigenvalue weighted by molar-refractivity contribution is -0.145. The summed E-state index contributed by atoms with van der Waals surface area (Å²) in [5.74, 6) is -0.719. The van der Waals surface area contributed by atoms with Crippen LogP contribution in [0.5, 0.6) is 0 Å². The highest BCUT2D eigenvalue weighted by Crippen LogP contribution is 2.21. The summed E-state index contributed by atoms with van der Waals surface area (Å²) in [5.41, 5.74) is 2.53. The molecule has 2 aromatic carbocycles. The molecule has 0 spiro atoms. The van der Waals surface area contributed by atoms with E-state index in [0.29, 0.717) is 23.8 Å². The maximum atomic E-state index is 13.1. The number of halogens is 1. The summed E-state index contributed by atoms with van der Waals surface area (Å²) in [4.78, 5) is 14.6. The van der Waals surface area contributed by atoms with Gasteiger partial charge in [-0.05, 0) is 23.3 Å². The SMILES string of the molecule is COC(=O)C1CN(Cc2cn(Cc3ccccc3)nn2)CCS(=O)(=O)N1Cc1ccc(Cl)cc1. The third kappa shape index (κ3) is 6.01. The van der Waals surface area contributed by atoms with Crippen LogP contribution in [0, 0.1) is 0 Å². The van der Waals surface area contributed by atoms with E-state index in [1.807, 2.05) is 41.4 Å². The second-order valence-electron chi connectivity index (χ2n) is 8.15. The van der Waals surface area contributed by atoms with Crippen molar-refractivity contribution < 1.29 is 17.9 Å². The molecule has 0 bridgehead atoms. The molecule has 1 aliphatic rings. The quantitative estimate of drug-likeness (QED) is 0.456. The average molecular weight is 504 g/mol. The second-order valence-corrected chi connectivity index (χ2v) is 10.6. The number of ether oxygens (including phenoxy) is 1. The Morgan fingerprint density at radius 3 is 2.47 bits per heavy atom. The number of rotatable bonds is 7. The molecule has 0 amide bonds. The summed E-state index contributed by atoms with van der Waals surface area (Å²) in [7, 11) is -2.45. The number of aromatic nitrogens is 3. The largest absolute Gasteiger partial charge is 0.468 e. The van der Waals surface area contributed by atoms with Gasteiger partial charge in [-0.25, -0.2) is 13.1 Å². The Kier molecular flexibility index (Phi) is 7.62. The van der Waals surface area contributed by atoms with Crippen molar-refractivity contribution in [3.8, 4) is 0 Å². The van der Waals surface area contributed by atoms with Gasteiger partial charge in [-0.1, -0.05) is 59.3 Å². The Balaban J connectivity index is 1.51. The molecule has 1 unspecified atom stereocenters. The van der Waals surface area contributed by atoms with Crippen molar-refractivity contribution in [3.05, 3.63) is 82.6 Å². The fourth-order valence-corrected chi connectivity index (χ4v) is 5.66. The third-order valence-electron chi connectivity index (χ3n) is 5.69. The van der Waals surface area contributed by atoms with E-state index in [9.17, 15) is 13.2 Å². The second kappa shape index (κ2) is 10.6. The van der Waals surface area contributed by atoms with Crippen LogP contribution in [0.1, 0.15) is 16.8 Å². The first kappa shape index (κ1) is 24.3. The summed E-state index contributed by atoms with van der Waals surface area (Å²) < 4.78 is 34.2. The highest BCUT2D eigenvalue weighted by Gasteiger charge is 2.39. The number of methoxy groups -OCH3 is 1. The molecule has 9 nitrogen and oxygen atoms in total. The number of carbonyl (C=O) groups excluding carboxylic acids is 1. The van der Waals surface area contributed by atoms with Gasteiger partial charge in [0.1, 0.15) is 6.04 Å². The maximum absolute atomic E-state index is 13.1. The predicted octanol–water partition coefficient (Wildman–Crippen LogP) is 2.17. The first-order chi connectivity index (χ1) is 16.3. The first-order valence-electron chi connectivity index (χ1n) is 10.8. The van der Waals surface area contributed by atoms with Gasteiger partial charge in [0, 0.05) is 31.2 Å². The number of nitrogens with zero attached hydrogens (tertiary/aromatic N) is 5. The molecule has 180 valence electrons. The number of carbonyl (C=O) groups is 1. The van der Waals surface area contributed by atoms with Gasteiger partial charge >= 0.3 is 5.97 Å². The molecule has 11 heteroatoms. The molecule has 0 radical (unpaired) electrons. The van der Waals surface area contributed by atoms with E-state index in [1.165, 1.54) is 11.4 Å². The van der Waals surface area contributed by atoms with E-state index in [-0.39, 0.29) is 25.4 Å². The number of sulfonamides is 1. The molecule has 0 saturated carbocycles. The molecule has 1 aliphatic heterocycles. The summed E-state index contributed by atoms with van der Waals surface area (Å²) in [6.45, 7) is 1.46. The topological polar surface area (TPSA) is 97.6 Å². The normalized spacial score (nSPS) is 18.9. The van der Waals surface area contributed by atoms with Crippen molar-refractivity contribution in [1.82, 2.24) is 24.2 Å². The van der Waals surface area contributed by atoms with Crippen LogP contribution in [0.25, 0.3) is 0 Å². The minimum atomic E-state index is -3.72. The van der Waals surface area contributed by atoms with Crippen LogP contribution in [0.3, 0.4) is 0 Å².